The highest BCUT2D eigenvalue weighted by Crippen LogP contribution is 2.16. The minimum Gasteiger partial charge on any atom is -0.395 e. The van der Waals surface area contributed by atoms with Gasteiger partial charge in [0.1, 0.15) is 0 Å². The second kappa shape index (κ2) is 7.86. The van der Waals surface area contributed by atoms with Crippen LogP contribution in [-0.4, -0.2) is 34.1 Å². The minimum atomic E-state index is -0.393. The fourth-order valence-electron chi connectivity index (χ4n) is 2.28. The molecule has 0 bridgehead atoms. The maximum atomic E-state index is 10.6. The van der Waals surface area contributed by atoms with Crippen LogP contribution in [-0.2, 0) is 6.54 Å². The molecule has 0 heterocycles. The summed E-state index contributed by atoms with van der Waals surface area (Å²) in [6.45, 7) is 5.74. The van der Waals surface area contributed by atoms with Crippen LogP contribution >= 0.6 is 0 Å². The van der Waals surface area contributed by atoms with E-state index in [1.54, 1.807) is 12.1 Å². The molecule has 0 radical (unpaired) electrons. The molecule has 1 aromatic carbocycles. The Morgan fingerprint density at radius 1 is 1.26 bits per heavy atom. The van der Waals surface area contributed by atoms with Crippen LogP contribution in [0.1, 0.15) is 32.3 Å². The molecule has 1 aromatic rings. The minimum absolute atomic E-state index is 0.111. The molecule has 106 valence electrons. The van der Waals surface area contributed by atoms with Crippen molar-refractivity contribution in [2.24, 2.45) is 0 Å². The first-order valence-corrected chi connectivity index (χ1v) is 6.70. The molecule has 0 saturated heterocycles. The van der Waals surface area contributed by atoms with Gasteiger partial charge in [-0.1, -0.05) is 26.0 Å². The fourth-order valence-corrected chi connectivity index (χ4v) is 2.28. The Morgan fingerprint density at radius 3 is 2.26 bits per heavy atom. The van der Waals surface area contributed by atoms with Crippen LogP contribution in [0.25, 0.3) is 0 Å². The first-order valence-electron chi connectivity index (χ1n) is 6.70. The third-order valence-corrected chi connectivity index (χ3v) is 3.38. The normalized spacial score (nSPS) is 11.2. The Bertz CT molecular complexity index is 388. The number of nitrogens with zero attached hydrogens (tertiary/aromatic N) is 2. The van der Waals surface area contributed by atoms with Crippen LogP contribution in [0.3, 0.4) is 0 Å². The number of hydrogen-bond acceptors (Lipinski definition) is 4. The molecule has 0 aliphatic rings. The fraction of sp³-hybridized carbons (Fsp3) is 0.571. The summed E-state index contributed by atoms with van der Waals surface area (Å²) in [7, 11) is 0. The predicted octanol–water partition coefficient (Wildman–Crippen LogP) is 2.58. The smallest absolute Gasteiger partial charge is 0.269 e. The van der Waals surface area contributed by atoms with Gasteiger partial charge in [-0.2, -0.15) is 0 Å². The van der Waals surface area contributed by atoms with Crippen molar-refractivity contribution in [3.8, 4) is 0 Å². The van der Waals surface area contributed by atoms with Gasteiger partial charge in [-0.3, -0.25) is 15.0 Å². The Balaban J connectivity index is 2.75. The Labute approximate surface area is 114 Å². The lowest BCUT2D eigenvalue weighted by molar-refractivity contribution is -0.384. The highest BCUT2D eigenvalue weighted by molar-refractivity contribution is 5.32. The van der Waals surface area contributed by atoms with E-state index in [1.807, 2.05) is 0 Å². The third-order valence-electron chi connectivity index (χ3n) is 3.38. The molecule has 5 heteroatoms. The van der Waals surface area contributed by atoms with Crippen molar-refractivity contribution in [3.05, 3.63) is 39.9 Å². The molecule has 19 heavy (non-hydrogen) atoms. The van der Waals surface area contributed by atoms with Gasteiger partial charge in [-0.05, 0) is 18.4 Å². The second-order valence-electron chi connectivity index (χ2n) is 4.59. The summed E-state index contributed by atoms with van der Waals surface area (Å²) in [5.74, 6) is 0. The molecular formula is C14H22N2O3. The van der Waals surface area contributed by atoms with Gasteiger partial charge in [0.15, 0.2) is 0 Å². The van der Waals surface area contributed by atoms with Crippen LogP contribution in [0.5, 0.6) is 0 Å². The van der Waals surface area contributed by atoms with Gasteiger partial charge in [-0.15, -0.1) is 0 Å². The zero-order chi connectivity index (χ0) is 14.3. The van der Waals surface area contributed by atoms with Crippen LogP contribution < -0.4 is 0 Å². The van der Waals surface area contributed by atoms with E-state index >= 15 is 0 Å². The molecule has 0 saturated carbocycles. The average molecular weight is 266 g/mol. The van der Waals surface area contributed by atoms with Crippen molar-refractivity contribution in [2.45, 2.75) is 39.3 Å². The number of aliphatic hydroxyl groups is 1. The number of nitro benzene ring substituents is 1. The summed E-state index contributed by atoms with van der Waals surface area (Å²) in [6.07, 6.45) is 2.06. The van der Waals surface area contributed by atoms with E-state index < -0.39 is 4.92 Å². The largest absolute Gasteiger partial charge is 0.395 e. The lowest BCUT2D eigenvalue weighted by atomic mass is 10.1. The van der Waals surface area contributed by atoms with Gasteiger partial charge in [0.05, 0.1) is 11.5 Å². The molecule has 0 aliphatic carbocycles. The lowest BCUT2D eigenvalue weighted by Gasteiger charge is -2.29. The Morgan fingerprint density at radius 2 is 1.84 bits per heavy atom. The van der Waals surface area contributed by atoms with E-state index in [4.69, 9.17) is 5.11 Å². The highest BCUT2D eigenvalue weighted by atomic mass is 16.6. The standard InChI is InChI=1S/C14H22N2O3/c1-3-13(4-2)15(9-10-17)11-12-5-7-14(8-6-12)16(18)19/h5-8,13,17H,3-4,9-11H2,1-2H3. The zero-order valence-corrected chi connectivity index (χ0v) is 11.6. The topological polar surface area (TPSA) is 66.6 Å². The molecule has 0 aromatic heterocycles. The summed E-state index contributed by atoms with van der Waals surface area (Å²) in [4.78, 5) is 12.4. The molecular weight excluding hydrogens is 244 g/mol. The zero-order valence-electron chi connectivity index (χ0n) is 11.6. The number of rotatable bonds is 8. The van der Waals surface area contributed by atoms with Crippen molar-refractivity contribution in [3.63, 3.8) is 0 Å². The molecule has 0 atom stereocenters. The summed E-state index contributed by atoms with van der Waals surface area (Å²) in [5, 5.41) is 19.7. The van der Waals surface area contributed by atoms with Gasteiger partial charge in [0.25, 0.3) is 5.69 Å². The van der Waals surface area contributed by atoms with Gasteiger partial charge < -0.3 is 5.11 Å². The number of non-ortho nitro benzene ring substituents is 1. The quantitative estimate of drug-likeness (QED) is 0.580. The number of nitro groups is 1. The molecule has 0 amide bonds. The summed E-state index contributed by atoms with van der Waals surface area (Å²) < 4.78 is 0. The third kappa shape index (κ3) is 4.61. The van der Waals surface area contributed by atoms with Gasteiger partial charge in [0.2, 0.25) is 0 Å². The molecule has 1 N–H and O–H groups in total. The van der Waals surface area contributed by atoms with Crippen LogP contribution in [0.2, 0.25) is 0 Å². The molecule has 1 rings (SSSR count). The van der Waals surface area contributed by atoms with Crippen molar-refractivity contribution in [1.82, 2.24) is 4.90 Å². The Hall–Kier alpha value is -1.46. The average Bonchev–Trinajstić information content (AvgIpc) is 2.41. The Kier molecular flexibility index (Phi) is 6.45. The van der Waals surface area contributed by atoms with E-state index in [-0.39, 0.29) is 12.3 Å². The number of benzene rings is 1. The van der Waals surface area contributed by atoms with E-state index in [2.05, 4.69) is 18.7 Å². The van der Waals surface area contributed by atoms with Gasteiger partial charge >= 0.3 is 0 Å². The molecule has 5 nitrogen and oxygen atoms in total. The number of hydrogen-bond donors (Lipinski definition) is 1. The van der Waals surface area contributed by atoms with E-state index in [0.29, 0.717) is 19.1 Å². The van der Waals surface area contributed by atoms with Gasteiger partial charge in [-0.25, -0.2) is 0 Å². The van der Waals surface area contributed by atoms with Crippen molar-refractivity contribution in [1.29, 1.82) is 0 Å². The molecule has 0 spiro atoms. The first-order chi connectivity index (χ1) is 9.12. The van der Waals surface area contributed by atoms with Crippen molar-refractivity contribution >= 4 is 5.69 Å². The summed E-state index contributed by atoms with van der Waals surface area (Å²) in [6, 6.07) is 7.05. The van der Waals surface area contributed by atoms with Crippen molar-refractivity contribution < 1.29 is 10.0 Å². The number of aliphatic hydroxyl groups excluding tert-OH is 1. The predicted molar refractivity (Wildman–Crippen MR) is 75.0 cm³/mol. The highest BCUT2D eigenvalue weighted by Gasteiger charge is 2.15. The van der Waals surface area contributed by atoms with Crippen LogP contribution in [0.4, 0.5) is 5.69 Å². The maximum absolute atomic E-state index is 10.6. The maximum Gasteiger partial charge on any atom is 0.269 e. The van der Waals surface area contributed by atoms with Gasteiger partial charge in [0, 0.05) is 31.3 Å². The van der Waals surface area contributed by atoms with E-state index in [9.17, 15) is 10.1 Å². The summed E-state index contributed by atoms with van der Waals surface area (Å²) >= 11 is 0. The van der Waals surface area contributed by atoms with Crippen molar-refractivity contribution in [2.75, 3.05) is 13.2 Å². The molecule has 0 unspecified atom stereocenters. The SMILES string of the molecule is CCC(CC)N(CCO)Cc1ccc([N+](=O)[O-])cc1. The lowest BCUT2D eigenvalue weighted by Crippen LogP contribution is -2.36. The van der Waals surface area contributed by atoms with Crippen LogP contribution in [0, 0.1) is 10.1 Å². The monoisotopic (exact) mass is 266 g/mol. The molecule has 0 aliphatic heterocycles. The van der Waals surface area contributed by atoms with Crippen LogP contribution in [0.15, 0.2) is 24.3 Å². The summed E-state index contributed by atoms with van der Waals surface area (Å²) in [5.41, 5.74) is 1.14. The van der Waals surface area contributed by atoms with E-state index in [1.165, 1.54) is 12.1 Å². The van der Waals surface area contributed by atoms with E-state index in [0.717, 1.165) is 18.4 Å². The molecule has 0 fully saturated rings. The second-order valence-corrected chi connectivity index (χ2v) is 4.59. The first kappa shape index (κ1) is 15.6.